The number of fused-ring (bicyclic) bond motifs is 1. The number of benzene rings is 3. The Bertz CT molecular complexity index is 1520. The summed E-state index contributed by atoms with van der Waals surface area (Å²) in [5, 5.41) is 18.6. The highest BCUT2D eigenvalue weighted by Crippen LogP contribution is 2.37. The summed E-state index contributed by atoms with van der Waals surface area (Å²) < 4.78 is 33.2. The van der Waals surface area contributed by atoms with Crippen molar-refractivity contribution in [1.29, 1.82) is 0 Å². The zero-order valence-electron chi connectivity index (χ0n) is 19.3. The molecule has 0 saturated heterocycles. The maximum atomic E-state index is 12.8. The van der Waals surface area contributed by atoms with Gasteiger partial charge in [0.15, 0.2) is 5.69 Å². The highest BCUT2D eigenvalue weighted by molar-refractivity contribution is 7.92. The SMILES string of the molecule is COc1ccc(NS(=O)(=O)c2cccc(C(=O)N=Nc3c(O)[nH]c4ccc(C(C)C)cc34)c2)cc1. The molecule has 0 bridgehead atoms. The molecule has 0 spiro atoms. The van der Waals surface area contributed by atoms with Crippen LogP contribution >= 0.6 is 0 Å². The highest BCUT2D eigenvalue weighted by Gasteiger charge is 2.18. The summed E-state index contributed by atoms with van der Waals surface area (Å²) in [7, 11) is -2.44. The van der Waals surface area contributed by atoms with E-state index in [1.165, 1.54) is 31.4 Å². The molecule has 180 valence electrons. The predicted octanol–water partition coefficient (Wildman–Crippen LogP) is 5.73. The van der Waals surface area contributed by atoms with Crippen LogP contribution in [0.1, 0.15) is 35.7 Å². The van der Waals surface area contributed by atoms with Crippen molar-refractivity contribution < 1.29 is 23.1 Å². The lowest BCUT2D eigenvalue weighted by Crippen LogP contribution is -2.13. The van der Waals surface area contributed by atoms with E-state index in [9.17, 15) is 18.3 Å². The molecular weight excluding hydrogens is 468 g/mol. The average molecular weight is 493 g/mol. The van der Waals surface area contributed by atoms with Crippen LogP contribution in [0.5, 0.6) is 11.6 Å². The van der Waals surface area contributed by atoms with Crippen molar-refractivity contribution in [3.63, 3.8) is 0 Å². The monoisotopic (exact) mass is 492 g/mol. The van der Waals surface area contributed by atoms with E-state index in [4.69, 9.17) is 4.74 Å². The number of nitrogens with zero attached hydrogens (tertiary/aromatic N) is 2. The van der Waals surface area contributed by atoms with Gasteiger partial charge in [0.05, 0.1) is 17.5 Å². The van der Waals surface area contributed by atoms with Gasteiger partial charge in [0, 0.05) is 16.6 Å². The molecule has 0 atom stereocenters. The zero-order valence-corrected chi connectivity index (χ0v) is 20.1. The molecule has 0 aliphatic rings. The third-order valence-corrected chi connectivity index (χ3v) is 6.80. The van der Waals surface area contributed by atoms with Crippen LogP contribution in [0.25, 0.3) is 10.9 Å². The van der Waals surface area contributed by atoms with Crippen molar-refractivity contribution in [1.82, 2.24) is 4.98 Å². The number of hydrogen-bond donors (Lipinski definition) is 3. The van der Waals surface area contributed by atoms with Crippen LogP contribution in [0.3, 0.4) is 0 Å². The van der Waals surface area contributed by atoms with Crippen molar-refractivity contribution >= 4 is 38.2 Å². The summed E-state index contributed by atoms with van der Waals surface area (Å²) in [4.78, 5) is 15.4. The molecule has 1 aromatic heterocycles. The summed E-state index contributed by atoms with van der Waals surface area (Å²) in [6.45, 7) is 4.09. The Labute approximate surface area is 202 Å². The van der Waals surface area contributed by atoms with Gasteiger partial charge in [-0.3, -0.25) is 9.52 Å². The lowest BCUT2D eigenvalue weighted by molar-refractivity contribution is 0.0995. The van der Waals surface area contributed by atoms with Crippen LogP contribution in [0, 0.1) is 0 Å². The molecule has 3 N–H and O–H groups in total. The third-order valence-electron chi connectivity index (χ3n) is 5.42. The molecule has 4 rings (SSSR count). The predicted molar refractivity (Wildman–Crippen MR) is 133 cm³/mol. The smallest absolute Gasteiger partial charge is 0.295 e. The Morgan fingerprint density at radius 3 is 2.49 bits per heavy atom. The standard InChI is InChI=1S/C25H24N4O5S/c1-15(2)16-7-12-22-21(14-16)23(25(31)26-22)27-28-24(30)17-5-4-6-20(13-17)35(32,33)29-18-8-10-19(34-3)11-9-18/h4-15,26,29,31H,1-3H3. The van der Waals surface area contributed by atoms with Gasteiger partial charge in [0.2, 0.25) is 5.88 Å². The first-order valence-electron chi connectivity index (χ1n) is 10.8. The fraction of sp³-hybridized carbons (Fsp3) is 0.160. The first kappa shape index (κ1) is 24.0. The van der Waals surface area contributed by atoms with Gasteiger partial charge in [-0.05, 0) is 66.1 Å². The van der Waals surface area contributed by atoms with Gasteiger partial charge in [-0.25, -0.2) is 8.42 Å². The van der Waals surface area contributed by atoms with Gasteiger partial charge in [-0.15, -0.1) is 10.2 Å². The minimum absolute atomic E-state index is 0.0357. The van der Waals surface area contributed by atoms with Gasteiger partial charge >= 0.3 is 0 Å². The molecule has 0 unspecified atom stereocenters. The minimum atomic E-state index is -3.96. The third kappa shape index (κ3) is 5.17. The number of aromatic hydroxyl groups is 1. The van der Waals surface area contributed by atoms with Crippen LogP contribution in [0.4, 0.5) is 11.4 Å². The van der Waals surface area contributed by atoms with E-state index in [0.29, 0.717) is 22.3 Å². The number of carbonyl (C=O) groups is 1. The number of sulfonamides is 1. The van der Waals surface area contributed by atoms with E-state index in [1.54, 1.807) is 24.3 Å². The van der Waals surface area contributed by atoms with Crippen LogP contribution in [-0.2, 0) is 10.0 Å². The number of ether oxygens (including phenoxy) is 1. The molecule has 9 nitrogen and oxygen atoms in total. The Kier molecular flexibility index (Phi) is 6.57. The number of aromatic amines is 1. The average Bonchev–Trinajstić information content (AvgIpc) is 3.16. The number of rotatable bonds is 7. The highest BCUT2D eigenvalue weighted by atomic mass is 32.2. The van der Waals surface area contributed by atoms with Crippen LogP contribution in [0.2, 0.25) is 0 Å². The molecule has 0 aliphatic heterocycles. The second kappa shape index (κ2) is 9.59. The van der Waals surface area contributed by atoms with E-state index in [-0.39, 0.29) is 27.9 Å². The van der Waals surface area contributed by atoms with Crippen molar-refractivity contribution in [2.75, 3.05) is 11.8 Å². The second-order valence-electron chi connectivity index (χ2n) is 8.15. The van der Waals surface area contributed by atoms with E-state index in [0.717, 1.165) is 5.56 Å². The van der Waals surface area contributed by atoms with Crippen molar-refractivity contribution in [3.8, 4) is 11.6 Å². The largest absolute Gasteiger partial charge is 0.497 e. The molecule has 4 aromatic rings. The van der Waals surface area contributed by atoms with Crippen LogP contribution in [-0.4, -0.2) is 31.5 Å². The molecule has 0 saturated carbocycles. The second-order valence-corrected chi connectivity index (χ2v) is 9.83. The number of nitrogens with one attached hydrogen (secondary N) is 2. The molecule has 1 heterocycles. The minimum Gasteiger partial charge on any atom is -0.497 e. The maximum absolute atomic E-state index is 12.8. The number of aromatic nitrogens is 1. The lowest BCUT2D eigenvalue weighted by Gasteiger charge is -2.09. The quantitative estimate of drug-likeness (QED) is 0.283. The van der Waals surface area contributed by atoms with Gasteiger partial charge < -0.3 is 14.8 Å². The van der Waals surface area contributed by atoms with Gasteiger partial charge in [-0.2, -0.15) is 0 Å². The molecule has 10 heteroatoms. The Morgan fingerprint density at radius 1 is 1.06 bits per heavy atom. The number of H-pyrrole nitrogens is 1. The molecule has 0 aliphatic carbocycles. The fourth-order valence-electron chi connectivity index (χ4n) is 3.46. The lowest BCUT2D eigenvalue weighted by atomic mass is 10.0. The fourth-order valence-corrected chi connectivity index (χ4v) is 4.57. The summed E-state index contributed by atoms with van der Waals surface area (Å²) in [6, 6.07) is 17.5. The van der Waals surface area contributed by atoms with Gasteiger partial charge in [0.25, 0.3) is 15.9 Å². The Balaban J connectivity index is 1.58. The van der Waals surface area contributed by atoms with Crippen molar-refractivity contribution in [2.24, 2.45) is 10.2 Å². The maximum Gasteiger partial charge on any atom is 0.295 e. The molecule has 0 fully saturated rings. The number of carbonyl (C=O) groups excluding carboxylic acids is 1. The number of anilines is 1. The molecule has 0 radical (unpaired) electrons. The molecule has 3 aromatic carbocycles. The number of azo groups is 1. The molecule has 1 amide bonds. The first-order valence-corrected chi connectivity index (χ1v) is 12.2. The Morgan fingerprint density at radius 2 is 1.80 bits per heavy atom. The van der Waals surface area contributed by atoms with E-state index >= 15 is 0 Å². The zero-order chi connectivity index (χ0) is 25.2. The van der Waals surface area contributed by atoms with Crippen LogP contribution in [0.15, 0.2) is 81.9 Å². The summed E-state index contributed by atoms with van der Waals surface area (Å²) >= 11 is 0. The van der Waals surface area contributed by atoms with Crippen molar-refractivity contribution in [3.05, 3.63) is 77.9 Å². The molecular formula is C25H24N4O5S. The number of methoxy groups -OCH3 is 1. The van der Waals surface area contributed by atoms with E-state index in [1.807, 2.05) is 32.0 Å². The van der Waals surface area contributed by atoms with Gasteiger partial charge in [-0.1, -0.05) is 26.0 Å². The summed E-state index contributed by atoms with van der Waals surface area (Å²) in [5.41, 5.74) is 2.22. The normalized spacial score (nSPS) is 11.9. The molecule has 35 heavy (non-hydrogen) atoms. The van der Waals surface area contributed by atoms with Crippen LogP contribution < -0.4 is 9.46 Å². The topological polar surface area (TPSA) is 133 Å². The summed E-state index contributed by atoms with van der Waals surface area (Å²) in [5.74, 6) is -0.107. The summed E-state index contributed by atoms with van der Waals surface area (Å²) in [6.07, 6.45) is 0. The van der Waals surface area contributed by atoms with Crippen molar-refractivity contribution in [2.45, 2.75) is 24.7 Å². The Hall–Kier alpha value is -4.18. The van der Waals surface area contributed by atoms with E-state index in [2.05, 4.69) is 19.9 Å². The van der Waals surface area contributed by atoms with Gasteiger partial charge in [0.1, 0.15) is 5.75 Å². The number of amides is 1. The number of hydrogen-bond acceptors (Lipinski definition) is 6. The van der Waals surface area contributed by atoms with E-state index < -0.39 is 15.9 Å². The first-order chi connectivity index (χ1) is 16.7.